The molecule has 0 bridgehead atoms. The Morgan fingerprint density at radius 2 is 2.22 bits per heavy atom. The fourth-order valence-electron chi connectivity index (χ4n) is 2.36. The zero-order valence-electron chi connectivity index (χ0n) is 10.7. The number of nitrogens with zero attached hydrogens (tertiary/aromatic N) is 1. The smallest absolute Gasteiger partial charge is 0.140 e. The van der Waals surface area contributed by atoms with Gasteiger partial charge in [0.1, 0.15) is 5.84 Å². The molecule has 1 aromatic rings. The molecule has 0 saturated carbocycles. The third-order valence-corrected chi connectivity index (χ3v) is 4.75. The first-order valence-corrected chi connectivity index (χ1v) is 7.35. The van der Waals surface area contributed by atoms with Crippen LogP contribution in [0.15, 0.2) is 28.3 Å². The topological polar surface area (TPSA) is 58.6 Å². The number of thioether (sulfide) groups is 1. The molecule has 3 N–H and O–H groups in total. The van der Waals surface area contributed by atoms with Crippen LogP contribution in [0.1, 0.15) is 37.3 Å². The van der Waals surface area contributed by atoms with Gasteiger partial charge in [-0.15, -0.1) is 11.8 Å². The molecule has 0 aromatic heterocycles. The number of hydrogen-bond donors (Lipinski definition) is 2. The predicted octanol–water partition coefficient (Wildman–Crippen LogP) is 3.18. The summed E-state index contributed by atoms with van der Waals surface area (Å²) >= 11 is 1.83. The maximum absolute atomic E-state index is 8.63. The van der Waals surface area contributed by atoms with E-state index in [2.05, 4.69) is 30.3 Å². The van der Waals surface area contributed by atoms with Crippen molar-refractivity contribution in [2.24, 2.45) is 10.9 Å². The third-order valence-electron chi connectivity index (χ3n) is 3.39. The summed E-state index contributed by atoms with van der Waals surface area (Å²) in [4.78, 5) is 1.30. The molecule has 1 aliphatic rings. The minimum Gasteiger partial charge on any atom is -0.409 e. The Morgan fingerprint density at radius 3 is 2.94 bits per heavy atom. The van der Waals surface area contributed by atoms with Crippen LogP contribution < -0.4 is 5.73 Å². The summed E-state index contributed by atoms with van der Waals surface area (Å²) in [6.45, 7) is 2.13. The summed E-state index contributed by atoms with van der Waals surface area (Å²) in [6.07, 6.45) is 5.36. The number of amidine groups is 1. The second-order valence-electron chi connectivity index (χ2n) is 4.73. The lowest BCUT2D eigenvalue weighted by Crippen LogP contribution is -2.18. The third kappa shape index (κ3) is 3.19. The van der Waals surface area contributed by atoms with Crippen molar-refractivity contribution in [1.29, 1.82) is 0 Å². The van der Waals surface area contributed by atoms with Crippen molar-refractivity contribution in [1.82, 2.24) is 0 Å². The van der Waals surface area contributed by atoms with E-state index >= 15 is 0 Å². The van der Waals surface area contributed by atoms with Crippen molar-refractivity contribution in [2.75, 3.05) is 0 Å². The average Bonchev–Trinajstić information content (AvgIpc) is 2.85. The van der Waals surface area contributed by atoms with Gasteiger partial charge in [-0.05, 0) is 48.9 Å². The molecule has 0 spiro atoms. The first-order valence-electron chi connectivity index (χ1n) is 6.47. The van der Waals surface area contributed by atoms with Crippen LogP contribution in [0, 0.1) is 0 Å². The molecule has 2 rings (SSSR count). The van der Waals surface area contributed by atoms with Gasteiger partial charge in [-0.1, -0.05) is 18.1 Å². The Bertz CT molecular complexity index is 445. The van der Waals surface area contributed by atoms with Gasteiger partial charge >= 0.3 is 0 Å². The van der Waals surface area contributed by atoms with Crippen molar-refractivity contribution in [3.05, 3.63) is 29.3 Å². The Hall–Kier alpha value is -1.16. The molecule has 0 radical (unpaired) electrons. The number of aryl methyl sites for hydroxylation is 2. The lowest BCUT2D eigenvalue weighted by Gasteiger charge is -2.14. The summed E-state index contributed by atoms with van der Waals surface area (Å²) in [7, 11) is 0. The molecular formula is C14H20N2OS. The van der Waals surface area contributed by atoms with Gasteiger partial charge in [-0.25, -0.2) is 0 Å². The van der Waals surface area contributed by atoms with Gasteiger partial charge in [0.15, 0.2) is 0 Å². The molecule has 0 heterocycles. The molecule has 0 aliphatic heterocycles. The van der Waals surface area contributed by atoms with Crippen molar-refractivity contribution in [3.8, 4) is 0 Å². The Morgan fingerprint density at radius 1 is 1.44 bits per heavy atom. The molecule has 98 valence electrons. The van der Waals surface area contributed by atoms with Gasteiger partial charge in [0.25, 0.3) is 0 Å². The molecule has 0 fully saturated rings. The summed E-state index contributed by atoms with van der Waals surface area (Å²) in [5.74, 6) is 0.315. The number of benzene rings is 1. The van der Waals surface area contributed by atoms with Crippen LogP contribution in [0.2, 0.25) is 0 Å². The summed E-state index contributed by atoms with van der Waals surface area (Å²) in [5.41, 5.74) is 8.58. The molecule has 3 nitrogen and oxygen atoms in total. The highest BCUT2D eigenvalue weighted by Gasteiger charge is 2.14. The minimum absolute atomic E-state index is 0.315. The van der Waals surface area contributed by atoms with E-state index in [1.807, 2.05) is 11.8 Å². The second kappa shape index (κ2) is 6.14. The normalized spacial score (nSPS) is 16.6. The number of rotatable bonds is 5. The van der Waals surface area contributed by atoms with Crippen molar-refractivity contribution >= 4 is 17.6 Å². The fraction of sp³-hybridized carbons (Fsp3) is 0.500. The van der Waals surface area contributed by atoms with Gasteiger partial charge < -0.3 is 10.9 Å². The van der Waals surface area contributed by atoms with Crippen LogP contribution in [0.4, 0.5) is 0 Å². The Kier molecular flexibility index (Phi) is 4.53. The first kappa shape index (κ1) is 13.3. The van der Waals surface area contributed by atoms with Gasteiger partial charge in [0.05, 0.1) is 0 Å². The van der Waals surface area contributed by atoms with E-state index in [4.69, 9.17) is 10.9 Å². The molecule has 1 unspecified atom stereocenters. The molecule has 1 aliphatic carbocycles. The molecule has 0 amide bonds. The monoisotopic (exact) mass is 264 g/mol. The van der Waals surface area contributed by atoms with Crippen LogP contribution >= 0.6 is 11.8 Å². The number of fused-ring (bicyclic) bond motifs is 1. The van der Waals surface area contributed by atoms with Crippen LogP contribution in [-0.2, 0) is 12.8 Å². The Labute approximate surface area is 112 Å². The summed E-state index contributed by atoms with van der Waals surface area (Å²) in [6, 6.07) is 6.76. The number of hydrogen-bond acceptors (Lipinski definition) is 3. The van der Waals surface area contributed by atoms with Crippen molar-refractivity contribution in [2.45, 2.75) is 49.2 Å². The molecule has 0 saturated heterocycles. The van der Waals surface area contributed by atoms with E-state index in [9.17, 15) is 0 Å². The number of nitrogens with two attached hydrogens (primary N) is 1. The predicted molar refractivity (Wildman–Crippen MR) is 76.4 cm³/mol. The largest absolute Gasteiger partial charge is 0.409 e. The highest BCUT2D eigenvalue weighted by molar-refractivity contribution is 8.00. The highest BCUT2D eigenvalue weighted by atomic mass is 32.2. The van der Waals surface area contributed by atoms with E-state index in [0.29, 0.717) is 17.5 Å². The lowest BCUT2D eigenvalue weighted by molar-refractivity contribution is 0.316. The quantitative estimate of drug-likeness (QED) is 0.282. The highest BCUT2D eigenvalue weighted by Crippen LogP contribution is 2.31. The minimum atomic E-state index is 0.315. The van der Waals surface area contributed by atoms with Crippen molar-refractivity contribution in [3.63, 3.8) is 0 Å². The molecule has 1 atom stereocenters. The van der Waals surface area contributed by atoms with Gasteiger partial charge in [-0.3, -0.25) is 0 Å². The zero-order chi connectivity index (χ0) is 13.0. The Balaban J connectivity index is 2.03. The van der Waals surface area contributed by atoms with Crippen LogP contribution in [0.25, 0.3) is 0 Å². The number of oxime groups is 1. The zero-order valence-corrected chi connectivity index (χ0v) is 11.5. The van der Waals surface area contributed by atoms with Crippen LogP contribution in [-0.4, -0.2) is 16.3 Å². The van der Waals surface area contributed by atoms with Crippen LogP contribution in [0.5, 0.6) is 0 Å². The van der Waals surface area contributed by atoms with E-state index in [-0.39, 0.29) is 0 Å². The van der Waals surface area contributed by atoms with Crippen molar-refractivity contribution < 1.29 is 5.21 Å². The van der Waals surface area contributed by atoms with Gasteiger partial charge in [0, 0.05) is 16.6 Å². The summed E-state index contributed by atoms with van der Waals surface area (Å²) in [5, 5.41) is 12.1. The average molecular weight is 264 g/mol. The molecular weight excluding hydrogens is 244 g/mol. The standard InChI is InChI=1S/C14H20N2OS/c1-2-12(9-14(15)16-17)18-13-7-6-10-4-3-5-11(10)8-13/h6-8,12,17H,2-5,9H2,1H3,(H2,15,16). The molecule has 18 heavy (non-hydrogen) atoms. The SMILES string of the molecule is CCC(C/C(N)=N/O)Sc1ccc2c(c1)CCC2. The van der Waals surface area contributed by atoms with E-state index in [0.717, 1.165) is 6.42 Å². The van der Waals surface area contributed by atoms with E-state index < -0.39 is 0 Å². The van der Waals surface area contributed by atoms with Gasteiger partial charge in [-0.2, -0.15) is 0 Å². The fourth-order valence-corrected chi connectivity index (χ4v) is 3.52. The maximum atomic E-state index is 8.63. The molecule has 1 aromatic carbocycles. The van der Waals surface area contributed by atoms with E-state index in [1.54, 1.807) is 0 Å². The van der Waals surface area contributed by atoms with Crippen LogP contribution in [0.3, 0.4) is 0 Å². The molecule has 4 heteroatoms. The van der Waals surface area contributed by atoms with Gasteiger partial charge in [0.2, 0.25) is 0 Å². The second-order valence-corrected chi connectivity index (χ2v) is 6.10. The van der Waals surface area contributed by atoms with E-state index in [1.165, 1.54) is 35.3 Å². The maximum Gasteiger partial charge on any atom is 0.140 e. The lowest BCUT2D eigenvalue weighted by atomic mass is 10.1. The first-order chi connectivity index (χ1) is 8.72. The summed E-state index contributed by atoms with van der Waals surface area (Å²) < 4.78 is 0.